The van der Waals surface area contributed by atoms with Crippen LogP contribution in [0.25, 0.3) is 11.1 Å². The molecule has 0 fully saturated rings. The maximum absolute atomic E-state index is 2.59. The number of rotatable bonds is 6. The SMILES string of the molecule is C[Si](C)(C)c1ccc([C](c2ccc([Si](C)(C)C)cc2)=[Zr+2]([C]2=CC=CC2)[c]2cccc3c2Cc2ccccc2-3)cc1.[Cl-].[Cl-]. The van der Waals surface area contributed by atoms with Crippen LogP contribution in [-0.4, -0.2) is 19.4 Å². The van der Waals surface area contributed by atoms with E-state index < -0.39 is 37.4 Å². The van der Waals surface area contributed by atoms with Crippen molar-refractivity contribution in [3.05, 3.63) is 135 Å². The number of fused-ring (bicyclic) bond motifs is 3. The summed E-state index contributed by atoms with van der Waals surface area (Å²) in [5, 5.41) is 3.07. The largest absolute Gasteiger partial charge is 1.00 e. The molecule has 0 bridgehead atoms. The van der Waals surface area contributed by atoms with Crippen LogP contribution >= 0.6 is 0 Å². The van der Waals surface area contributed by atoms with E-state index in [0.29, 0.717) is 0 Å². The van der Waals surface area contributed by atoms with E-state index in [1.165, 1.54) is 38.2 Å². The van der Waals surface area contributed by atoms with Gasteiger partial charge >= 0.3 is 252 Å². The van der Waals surface area contributed by atoms with Crippen LogP contribution in [0.15, 0.2) is 113 Å². The Morgan fingerprint density at radius 2 is 1.17 bits per heavy atom. The first-order valence-electron chi connectivity index (χ1n) is 14.6. The Hall–Kier alpha value is -1.87. The molecule has 42 heavy (non-hydrogen) atoms. The summed E-state index contributed by atoms with van der Waals surface area (Å²) < 4.78 is 4.97. The van der Waals surface area contributed by atoms with E-state index in [1.54, 1.807) is 15.3 Å². The Morgan fingerprint density at radius 1 is 0.619 bits per heavy atom. The van der Waals surface area contributed by atoms with Gasteiger partial charge in [-0.25, -0.2) is 0 Å². The van der Waals surface area contributed by atoms with Gasteiger partial charge in [0.15, 0.2) is 0 Å². The predicted molar refractivity (Wildman–Crippen MR) is 178 cm³/mol. The third-order valence-electron chi connectivity index (χ3n) is 8.54. The van der Waals surface area contributed by atoms with Crippen molar-refractivity contribution < 1.29 is 46.1 Å². The molecule has 5 heteroatoms. The number of halogens is 2. The molecule has 0 spiro atoms. The summed E-state index contributed by atoms with van der Waals surface area (Å²) in [4.78, 5) is 0. The van der Waals surface area contributed by atoms with Gasteiger partial charge in [-0.1, -0.05) is 0 Å². The Bertz CT molecular complexity index is 1620. The zero-order chi connectivity index (χ0) is 28.1. The first-order chi connectivity index (χ1) is 19.1. The standard InChI is InChI=1S/C19H26Si2.C13H9.C5H5.2ClH.Zr/c1-20(2,3)18-11-7-16(8-12-18)15-17-9-13-19(14-10-17)21(4,5)6;1-3-7-12-10(5-1)9-11-6-2-4-8-13(11)12;1-2-4-5-3-1;;;/h7-14H,1-6H3;1-5,7-8H,9H2;1-3H,4H2;2*1H;/q;;;;;+2/p-2. The van der Waals surface area contributed by atoms with Gasteiger partial charge in [0.2, 0.25) is 0 Å². The van der Waals surface area contributed by atoms with Gasteiger partial charge in [-0.05, 0) is 0 Å². The molecule has 214 valence electrons. The van der Waals surface area contributed by atoms with Crippen LogP contribution in [0, 0.1) is 0 Å². The minimum absolute atomic E-state index is 0. The summed E-state index contributed by atoms with van der Waals surface area (Å²) in [7, 11) is -2.75. The second-order valence-electron chi connectivity index (χ2n) is 13.4. The fourth-order valence-electron chi connectivity index (χ4n) is 6.22. The van der Waals surface area contributed by atoms with E-state index in [-0.39, 0.29) is 24.8 Å². The van der Waals surface area contributed by atoms with Gasteiger partial charge < -0.3 is 24.8 Å². The molecule has 0 unspecified atom stereocenters. The Kier molecular flexibility index (Phi) is 10.2. The molecule has 0 amide bonds. The van der Waals surface area contributed by atoms with Crippen molar-refractivity contribution in [3.63, 3.8) is 0 Å². The maximum atomic E-state index is 2.49. The van der Waals surface area contributed by atoms with Crippen molar-refractivity contribution in [1.29, 1.82) is 0 Å². The average molecular weight is 703 g/mol. The topological polar surface area (TPSA) is 0 Å². The van der Waals surface area contributed by atoms with Crippen LogP contribution in [0.5, 0.6) is 0 Å². The zero-order valence-corrected chi connectivity index (χ0v) is 31.5. The van der Waals surface area contributed by atoms with Crippen LogP contribution in [0.2, 0.25) is 39.3 Å². The van der Waals surface area contributed by atoms with Gasteiger partial charge in [-0.15, -0.1) is 0 Å². The van der Waals surface area contributed by atoms with Crippen LogP contribution in [0.1, 0.15) is 28.7 Å². The van der Waals surface area contributed by atoms with Gasteiger partial charge in [0, 0.05) is 0 Å². The molecule has 0 atom stereocenters. The molecule has 0 saturated carbocycles. The van der Waals surface area contributed by atoms with Crippen molar-refractivity contribution in [3.8, 4) is 11.1 Å². The summed E-state index contributed by atoms with van der Waals surface area (Å²) in [6.07, 6.45) is 9.28. The summed E-state index contributed by atoms with van der Waals surface area (Å²) >= 11 is -2.59. The molecular weight excluding hydrogens is 663 g/mol. The van der Waals surface area contributed by atoms with Gasteiger partial charge in [-0.2, -0.15) is 0 Å². The molecule has 0 aliphatic heterocycles. The normalized spacial score (nSPS) is 13.2. The van der Waals surface area contributed by atoms with E-state index >= 15 is 0 Å². The molecule has 0 saturated heterocycles. The molecule has 2 aliphatic carbocycles. The minimum atomic E-state index is -2.59. The van der Waals surface area contributed by atoms with E-state index in [2.05, 4.69) is 149 Å². The van der Waals surface area contributed by atoms with Crippen LogP contribution in [0.4, 0.5) is 0 Å². The minimum Gasteiger partial charge on any atom is -1.00 e. The quantitative estimate of drug-likeness (QED) is 0.237. The summed E-state index contributed by atoms with van der Waals surface area (Å²) in [6.45, 7) is 14.7. The molecule has 0 nitrogen and oxygen atoms in total. The molecule has 4 aromatic rings. The van der Waals surface area contributed by atoms with Crippen molar-refractivity contribution in [2.24, 2.45) is 0 Å². The van der Waals surface area contributed by atoms with Crippen molar-refractivity contribution in [2.75, 3.05) is 0 Å². The summed E-state index contributed by atoms with van der Waals surface area (Å²) in [5.74, 6) is 0. The van der Waals surface area contributed by atoms with Crippen LogP contribution < -0.4 is 38.5 Å². The van der Waals surface area contributed by atoms with E-state index in [0.717, 1.165) is 12.8 Å². The number of hydrogen-bond acceptors (Lipinski definition) is 0. The molecule has 0 N–H and O–H groups in total. The molecule has 0 aromatic heterocycles. The van der Waals surface area contributed by atoms with Crippen LogP contribution in [0.3, 0.4) is 0 Å². The monoisotopic (exact) mass is 700 g/mol. The predicted octanol–water partition coefficient (Wildman–Crippen LogP) is 1.71. The molecule has 4 aromatic carbocycles. The number of hydrogen-bond donors (Lipinski definition) is 0. The van der Waals surface area contributed by atoms with Crippen molar-refractivity contribution in [2.45, 2.75) is 52.1 Å². The maximum Gasteiger partial charge on any atom is -1.00 e. The fourth-order valence-corrected chi connectivity index (χ4v) is 16.5. The zero-order valence-electron chi connectivity index (χ0n) is 25.6. The Labute approximate surface area is 275 Å². The smallest absolute Gasteiger partial charge is 1.00 e. The molecular formula is C37H40Cl2Si2Zr. The first-order valence-corrected chi connectivity index (χ1v) is 25.3. The van der Waals surface area contributed by atoms with Gasteiger partial charge in [0.05, 0.1) is 0 Å². The number of benzene rings is 4. The van der Waals surface area contributed by atoms with E-state index in [4.69, 9.17) is 0 Å². The fraction of sp³-hybridized carbons (Fsp3) is 0.216. The summed E-state index contributed by atoms with van der Waals surface area (Å²) in [5.41, 5.74) is 8.81. The molecule has 6 rings (SSSR count). The second kappa shape index (κ2) is 13.0. The molecule has 2 aliphatic rings. The Balaban J connectivity index is 0.00000202. The average Bonchev–Trinajstić information content (AvgIpc) is 3.59. The first kappa shape index (κ1) is 33.0. The van der Waals surface area contributed by atoms with Gasteiger partial charge in [0.1, 0.15) is 0 Å². The van der Waals surface area contributed by atoms with Crippen molar-refractivity contribution >= 4 is 33.0 Å². The van der Waals surface area contributed by atoms with Gasteiger partial charge in [-0.3, -0.25) is 0 Å². The molecule has 0 radical (unpaired) electrons. The van der Waals surface area contributed by atoms with Gasteiger partial charge in [0.25, 0.3) is 0 Å². The van der Waals surface area contributed by atoms with E-state index in [9.17, 15) is 0 Å². The summed E-state index contributed by atoms with van der Waals surface area (Å²) in [6, 6.07) is 35.8. The third-order valence-corrected chi connectivity index (χ3v) is 20.3. The third kappa shape index (κ3) is 6.47. The van der Waals surface area contributed by atoms with Crippen LogP contribution in [-0.2, 0) is 27.7 Å². The van der Waals surface area contributed by atoms with Crippen molar-refractivity contribution in [1.82, 2.24) is 0 Å². The molecule has 0 heterocycles. The Morgan fingerprint density at radius 3 is 1.69 bits per heavy atom. The second-order valence-corrected chi connectivity index (χ2v) is 29.5. The van der Waals surface area contributed by atoms with E-state index in [1.807, 2.05) is 0 Å². The number of allylic oxidation sites excluding steroid dienone is 4.